The SMILES string of the molecule is O=C1CCC(N2Cc3c(cccc3S(=O)(=O)NC[C@@H]3CCCO3)C2=O)C(=O)N1. The number of piperidine rings is 1. The summed E-state index contributed by atoms with van der Waals surface area (Å²) in [6, 6.07) is 3.75. The lowest BCUT2D eigenvalue weighted by molar-refractivity contribution is -0.136. The number of rotatable bonds is 5. The van der Waals surface area contributed by atoms with Gasteiger partial charge in [-0.05, 0) is 31.4 Å². The van der Waals surface area contributed by atoms with Crippen molar-refractivity contribution in [3.8, 4) is 0 Å². The molecule has 1 unspecified atom stereocenters. The van der Waals surface area contributed by atoms with Gasteiger partial charge in [0.15, 0.2) is 0 Å². The predicted molar refractivity (Wildman–Crippen MR) is 96.6 cm³/mol. The molecule has 28 heavy (non-hydrogen) atoms. The summed E-state index contributed by atoms with van der Waals surface area (Å²) in [5.74, 6) is -1.30. The zero-order chi connectivity index (χ0) is 19.9. The van der Waals surface area contributed by atoms with Crippen molar-refractivity contribution in [1.29, 1.82) is 0 Å². The third-order valence-corrected chi connectivity index (χ3v) is 6.86. The van der Waals surface area contributed by atoms with Crippen LogP contribution in [0.15, 0.2) is 23.1 Å². The molecule has 1 aromatic carbocycles. The fraction of sp³-hybridized carbons (Fsp3) is 0.500. The summed E-state index contributed by atoms with van der Waals surface area (Å²) in [5.41, 5.74) is 0.640. The summed E-state index contributed by atoms with van der Waals surface area (Å²) in [6.45, 7) is 0.816. The van der Waals surface area contributed by atoms with E-state index < -0.39 is 27.9 Å². The van der Waals surface area contributed by atoms with Crippen LogP contribution in [0, 0.1) is 0 Å². The summed E-state index contributed by atoms with van der Waals surface area (Å²) < 4.78 is 33.7. The molecule has 0 bridgehead atoms. The molecule has 9 nitrogen and oxygen atoms in total. The molecule has 10 heteroatoms. The van der Waals surface area contributed by atoms with Crippen LogP contribution in [0.5, 0.6) is 0 Å². The van der Waals surface area contributed by atoms with Crippen molar-refractivity contribution in [1.82, 2.24) is 14.9 Å². The van der Waals surface area contributed by atoms with Crippen LogP contribution in [0.3, 0.4) is 0 Å². The predicted octanol–water partition coefficient (Wildman–Crippen LogP) is -0.0951. The van der Waals surface area contributed by atoms with Gasteiger partial charge in [0.25, 0.3) is 5.91 Å². The zero-order valence-electron chi connectivity index (χ0n) is 15.1. The second kappa shape index (κ2) is 7.26. The number of fused-ring (bicyclic) bond motifs is 1. The Morgan fingerprint density at radius 2 is 2.04 bits per heavy atom. The standard InChI is InChI=1S/C18H21N3O6S/c22-16-7-6-14(17(23)20-16)21-10-13-12(18(21)24)4-1-5-15(13)28(25,26)19-9-11-3-2-8-27-11/h1,4-5,11,14,19H,2-3,6-10H2,(H,20,22,23)/t11-,14?/m0/s1. The van der Waals surface area contributed by atoms with Gasteiger partial charge in [0.05, 0.1) is 11.0 Å². The number of hydrogen-bond donors (Lipinski definition) is 2. The maximum Gasteiger partial charge on any atom is 0.255 e. The Bertz CT molecular complexity index is 939. The lowest BCUT2D eigenvalue weighted by atomic mass is 10.0. The van der Waals surface area contributed by atoms with E-state index in [-0.39, 0.29) is 48.4 Å². The van der Waals surface area contributed by atoms with Gasteiger partial charge in [-0.1, -0.05) is 6.07 Å². The average molecular weight is 407 g/mol. The van der Waals surface area contributed by atoms with E-state index in [0.717, 1.165) is 12.8 Å². The van der Waals surface area contributed by atoms with Gasteiger partial charge in [0.2, 0.25) is 21.8 Å². The molecule has 3 heterocycles. The highest BCUT2D eigenvalue weighted by atomic mass is 32.2. The van der Waals surface area contributed by atoms with E-state index in [1.165, 1.54) is 17.0 Å². The molecule has 3 aliphatic heterocycles. The van der Waals surface area contributed by atoms with Crippen LogP contribution in [0.4, 0.5) is 0 Å². The Labute approximate surface area is 162 Å². The molecule has 0 aromatic heterocycles. The summed E-state index contributed by atoms with van der Waals surface area (Å²) in [5, 5.41) is 2.23. The Balaban J connectivity index is 1.57. The Kier molecular flexibility index (Phi) is 4.94. The number of nitrogens with one attached hydrogen (secondary N) is 2. The largest absolute Gasteiger partial charge is 0.377 e. The maximum atomic E-state index is 12.8. The molecule has 0 spiro atoms. The molecule has 0 saturated carbocycles. The van der Waals surface area contributed by atoms with Gasteiger partial charge in [-0.2, -0.15) is 0 Å². The molecule has 2 N–H and O–H groups in total. The van der Waals surface area contributed by atoms with E-state index in [1.807, 2.05) is 0 Å². The lowest BCUT2D eigenvalue weighted by Crippen LogP contribution is -2.52. The first-order valence-corrected chi connectivity index (χ1v) is 10.7. The fourth-order valence-corrected chi connectivity index (χ4v) is 5.21. The Morgan fingerprint density at radius 3 is 2.75 bits per heavy atom. The van der Waals surface area contributed by atoms with Gasteiger partial charge in [0, 0.05) is 37.2 Å². The molecule has 0 aliphatic carbocycles. The smallest absolute Gasteiger partial charge is 0.255 e. The van der Waals surface area contributed by atoms with E-state index in [0.29, 0.717) is 12.2 Å². The third-order valence-electron chi connectivity index (χ3n) is 5.35. The summed E-state index contributed by atoms with van der Waals surface area (Å²) in [4.78, 5) is 37.7. The van der Waals surface area contributed by atoms with E-state index in [2.05, 4.69) is 10.0 Å². The third kappa shape index (κ3) is 3.43. The Hall–Kier alpha value is -2.30. The molecule has 3 amide bonds. The van der Waals surface area contributed by atoms with Gasteiger partial charge in [0.1, 0.15) is 6.04 Å². The number of hydrogen-bond acceptors (Lipinski definition) is 6. The normalized spacial score (nSPS) is 25.1. The van der Waals surface area contributed by atoms with Crippen LogP contribution >= 0.6 is 0 Å². The molecule has 0 radical (unpaired) electrons. The number of imide groups is 1. The van der Waals surface area contributed by atoms with Gasteiger partial charge in [-0.15, -0.1) is 0 Å². The lowest BCUT2D eigenvalue weighted by Gasteiger charge is -2.29. The zero-order valence-corrected chi connectivity index (χ0v) is 16.0. The van der Waals surface area contributed by atoms with Gasteiger partial charge < -0.3 is 9.64 Å². The number of carbonyl (C=O) groups excluding carboxylic acids is 3. The Morgan fingerprint density at radius 1 is 1.21 bits per heavy atom. The van der Waals surface area contributed by atoms with E-state index in [9.17, 15) is 22.8 Å². The van der Waals surface area contributed by atoms with Crippen molar-refractivity contribution in [3.05, 3.63) is 29.3 Å². The average Bonchev–Trinajstić information content (AvgIpc) is 3.28. The molecular weight excluding hydrogens is 386 g/mol. The first kappa shape index (κ1) is 19.0. The van der Waals surface area contributed by atoms with Gasteiger partial charge in [-0.3, -0.25) is 19.7 Å². The maximum absolute atomic E-state index is 12.8. The first-order valence-electron chi connectivity index (χ1n) is 9.24. The highest BCUT2D eigenvalue weighted by Crippen LogP contribution is 2.31. The van der Waals surface area contributed by atoms with Crippen molar-refractivity contribution in [2.24, 2.45) is 0 Å². The van der Waals surface area contributed by atoms with Crippen LogP contribution < -0.4 is 10.0 Å². The number of ether oxygens (including phenoxy) is 1. The quantitative estimate of drug-likeness (QED) is 0.658. The highest BCUT2D eigenvalue weighted by molar-refractivity contribution is 7.89. The molecule has 3 aliphatic rings. The fourth-order valence-electron chi connectivity index (χ4n) is 3.89. The van der Waals surface area contributed by atoms with Crippen LogP contribution in [0.2, 0.25) is 0 Å². The van der Waals surface area contributed by atoms with Gasteiger partial charge >= 0.3 is 0 Å². The number of sulfonamides is 1. The molecule has 150 valence electrons. The molecule has 2 fully saturated rings. The van der Waals surface area contributed by atoms with Crippen LogP contribution in [-0.2, 0) is 30.9 Å². The second-order valence-corrected chi connectivity index (χ2v) is 8.90. The number of carbonyl (C=O) groups is 3. The summed E-state index contributed by atoms with van der Waals surface area (Å²) in [6.07, 6.45) is 1.93. The monoisotopic (exact) mass is 407 g/mol. The minimum Gasteiger partial charge on any atom is -0.377 e. The van der Waals surface area contributed by atoms with Crippen LogP contribution in [0.25, 0.3) is 0 Å². The second-order valence-electron chi connectivity index (χ2n) is 7.17. The topological polar surface area (TPSA) is 122 Å². The van der Waals surface area contributed by atoms with Crippen LogP contribution in [0.1, 0.15) is 41.6 Å². The first-order chi connectivity index (χ1) is 13.4. The number of benzene rings is 1. The van der Waals surface area contributed by atoms with Crippen molar-refractivity contribution in [3.63, 3.8) is 0 Å². The molecular formula is C18H21N3O6S. The van der Waals surface area contributed by atoms with Crippen molar-refractivity contribution < 1.29 is 27.5 Å². The molecule has 1 aromatic rings. The summed E-state index contributed by atoms with van der Waals surface area (Å²) >= 11 is 0. The molecule has 4 rings (SSSR count). The molecule has 2 saturated heterocycles. The van der Waals surface area contributed by atoms with Crippen molar-refractivity contribution in [2.75, 3.05) is 13.2 Å². The number of nitrogens with zero attached hydrogens (tertiary/aromatic N) is 1. The van der Waals surface area contributed by atoms with E-state index >= 15 is 0 Å². The van der Waals surface area contributed by atoms with E-state index in [4.69, 9.17) is 4.74 Å². The highest BCUT2D eigenvalue weighted by Gasteiger charge is 2.41. The minimum absolute atomic E-state index is 0.0114. The van der Waals surface area contributed by atoms with Gasteiger partial charge in [-0.25, -0.2) is 13.1 Å². The van der Waals surface area contributed by atoms with Crippen molar-refractivity contribution in [2.45, 2.75) is 49.3 Å². The molecule has 2 atom stereocenters. The van der Waals surface area contributed by atoms with E-state index in [1.54, 1.807) is 6.07 Å². The number of amides is 3. The summed E-state index contributed by atoms with van der Waals surface area (Å²) in [7, 11) is -3.84. The minimum atomic E-state index is -3.84. The van der Waals surface area contributed by atoms with Crippen molar-refractivity contribution >= 4 is 27.7 Å². The van der Waals surface area contributed by atoms with Crippen LogP contribution in [-0.4, -0.2) is 56.3 Å².